The van der Waals surface area contributed by atoms with Crippen LogP contribution in [0.15, 0.2) is 0 Å². The second-order valence-corrected chi connectivity index (χ2v) is 0.408. The standard InChI is InChI=1S/2CH3NO.2ClH/c2*1-2-3;;/h2*1H3;2*1H. The van der Waals surface area contributed by atoms with Gasteiger partial charge in [0, 0.05) is 9.81 Å². The molecule has 4 nitrogen and oxygen atoms in total. The highest BCUT2D eigenvalue weighted by atomic mass is 35.5. The molecule has 0 saturated heterocycles. The summed E-state index contributed by atoms with van der Waals surface area (Å²) in [6.07, 6.45) is 0. The van der Waals surface area contributed by atoms with Crippen LogP contribution in [0.4, 0.5) is 0 Å². The summed E-state index contributed by atoms with van der Waals surface area (Å²) in [6.45, 7) is 0. The van der Waals surface area contributed by atoms with E-state index in [0.29, 0.717) is 0 Å². The van der Waals surface area contributed by atoms with Crippen molar-refractivity contribution < 1.29 is 35.2 Å². The Kier molecular flexibility index (Phi) is 224. The van der Waals surface area contributed by atoms with Gasteiger partial charge in [-0.2, -0.15) is 0 Å². The molecular formula is C2H8Cl2N2O2. The molecule has 0 aromatic heterocycles. The quantitative estimate of drug-likeness (QED) is 0.372. The van der Waals surface area contributed by atoms with Crippen LogP contribution in [0, 0.1) is 9.81 Å². The van der Waals surface area contributed by atoms with Gasteiger partial charge in [-0.1, -0.05) is 0 Å². The lowest BCUT2D eigenvalue weighted by Crippen LogP contribution is -3.00. The molecule has 0 rings (SSSR count). The third-order valence-corrected chi connectivity index (χ3v) is 0. The molecule has 0 aromatic rings. The van der Waals surface area contributed by atoms with Crippen LogP contribution >= 0.6 is 0 Å². The van der Waals surface area contributed by atoms with Crippen molar-refractivity contribution in [1.29, 1.82) is 0 Å². The number of nitroso groups, excluding NO2 is 2. The van der Waals surface area contributed by atoms with E-state index in [2.05, 4.69) is 0 Å². The molecule has 0 radical (unpaired) electrons. The molecule has 2 N–H and O–H groups in total. The fourth-order valence-electron chi connectivity index (χ4n) is 0. The zero-order valence-electron chi connectivity index (χ0n) is 4.57. The summed E-state index contributed by atoms with van der Waals surface area (Å²) in [7, 11) is 2.64. The molecule has 0 saturated carbocycles. The Hall–Kier alpha value is -0.220. The van der Waals surface area contributed by atoms with Gasteiger partial charge < -0.3 is 24.8 Å². The highest BCUT2D eigenvalue weighted by Gasteiger charge is 1.28. The van der Waals surface area contributed by atoms with Gasteiger partial charge in [0.1, 0.15) is 0 Å². The van der Waals surface area contributed by atoms with Crippen LogP contribution in [-0.4, -0.2) is 14.1 Å². The lowest BCUT2D eigenvalue weighted by molar-refractivity contribution is -0.444. The maximum atomic E-state index is 8.68. The van der Waals surface area contributed by atoms with Gasteiger partial charge in [0.25, 0.3) is 0 Å². The lowest BCUT2D eigenvalue weighted by Gasteiger charge is -1.18. The Morgan fingerprint density at radius 3 is 0.875 bits per heavy atom. The number of nitrogens with one attached hydrogen (secondary N) is 2. The van der Waals surface area contributed by atoms with E-state index in [-0.39, 0.29) is 24.8 Å². The fraction of sp³-hybridized carbons (Fsp3) is 1.00. The van der Waals surface area contributed by atoms with Crippen molar-refractivity contribution in [3.63, 3.8) is 0 Å². The van der Waals surface area contributed by atoms with Crippen LogP contribution in [0.3, 0.4) is 0 Å². The molecule has 0 bridgehead atoms. The van der Waals surface area contributed by atoms with Gasteiger partial charge in [-0.25, -0.2) is 0 Å². The normalized spacial score (nSPS) is 3.25. The molecule has 6 heteroatoms. The maximum Gasteiger partial charge on any atom is 0.179 e. The summed E-state index contributed by atoms with van der Waals surface area (Å²) >= 11 is 0. The smallest absolute Gasteiger partial charge is 0.179 e. The fourth-order valence-corrected chi connectivity index (χ4v) is 0. The molecule has 8 heavy (non-hydrogen) atoms. The van der Waals surface area contributed by atoms with E-state index in [0.717, 1.165) is 0 Å². The van der Waals surface area contributed by atoms with E-state index >= 15 is 0 Å². The molecule has 0 spiro atoms. The monoisotopic (exact) mass is 162 g/mol. The van der Waals surface area contributed by atoms with E-state index in [1.807, 2.05) is 0 Å². The molecule has 0 aromatic carbocycles. The first kappa shape index (κ1) is 25.0. The zero-order chi connectivity index (χ0) is 5.41. The summed E-state index contributed by atoms with van der Waals surface area (Å²) in [5.74, 6) is 0. The Balaban J connectivity index is -0.0000000160. The Labute approximate surface area is 59.8 Å². The summed E-state index contributed by atoms with van der Waals surface area (Å²) in [4.78, 5) is 17.4. The summed E-state index contributed by atoms with van der Waals surface area (Å²) in [5, 5.41) is 3.00. The van der Waals surface area contributed by atoms with Crippen molar-refractivity contribution in [3.8, 4) is 0 Å². The average Bonchev–Trinajstić information content (AvgIpc) is 1.39. The molecule has 0 heterocycles. The van der Waals surface area contributed by atoms with Crippen molar-refractivity contribution in [3.05, 3.63) is 9.81 Å². The Morgan fingerprint density at radius 2 is 0.875 bits per heavy atom. The number of halogens is 2. The van der Waals surface area contributed by atoms with Crippen molar-refractivity contribution in [2.24, 2.45) is 0 Å². The Bertz CT molecular complexity index is 37.0. The maximum absolute atomic E-state index is 8.68. The molecule has 0 atom stereocenters. The summed E-state index contributed by atoms with van der Waals surface area (Å²) in [5.41, 5.74) is 0. The minimum Gasteiger partial charge on any atom is -1.00 e. The van der Waals surface area contributed by atoms with Gasteiger partial charge in [-0.3, -0.25) is 0 Å². The zero-order valence-corrected chi connectivity index (χ0v) is 6.08. The average molecular weight is 163 g/mol. The van der Waals surface area contributed by atoms with Crippen molar-refractivity contribution in [1.82, 2.24) is 0 Å². The topological polar surface area (TPSA) is 62.1 Å². The molecule has 0 aliphatic heterocycles. The van der Waals surface area contributed by atoms with E-state index in [4.69, 9.17) is 9.81 Å². The molecule has 0 aliphatic carbocycles. The van der Waals surface area contributed by atoms with Gasteiger partial charge in [0.15, 0.2) is 14.1 Å². The second-order valence-electron chi connectivity index (χ2n) is 0.408. The number of hydrogen-bond donors (Lipinski definition) is 2. The van der Waals surface area contributed by atoms with Crippen LogP contribution in [0.1, 0.15) is 0 Å². The highest BCUT2D eigenvalue weighted by Crippen LogP contribution is 0.512. The van der Waals surface area contributed by atoms with Crippen LogP contribution in [0.25, 0.3) is 0 Å². The van der Waals surface area contributed by atoms with E-state index in [1.165, 1.54) is 24.4 Å². The molecular weight excluding hydrogens is 155 g/mol. The van der Waals surface area contributed by atoms with Gasteiger partial charge in [0.05, 0.1) is 0 Å². The predicted molar refractivity (Wildman–Crippen MR) is 20.5 cm³/mol. The summed E-state index contributed by atoms with van der Waals surface area (Å²) < 4.78 is 0. The molecule has 0 fully saturated rings. The first-order chi connectivity index (χ1) is 2.83. The first-order valence-corrected chi connectivity index (χ1v) is 1.41. The largest absolute Gasteiger partial charge is 1.00 e. The molecule has 0 amide bonds. The van der Waals surface area contributed by atoms with Crippen LogP contribution in [-0.2, 0) is 0 Å². The molecule has 52 valence electrons. The first-order valence-electron chi connectivity index (χ1n) is 1.41. The molecule has 0 aliphatic rings. The third kappa shape index (κ3) is 2730. The lowest BCUT2D eigenvalue weighted by atomic mass is 11.6. The third-order valence-electron chi connectivity index (χ3n) is 0. The van der Waals surface area contributed by atoms with Crippen molar-refractivity contribution >= 4 is 0 Å². The highest BCUT2D eigenvalue weighted by molar-refractivity contribution is 3.58. The Morgan fingerprint density at radius 1 is 0.875 bits per heavy atom. The van der Waals surface area contributed by atoms with Crippen LogP contribution < -0.4 is 35.2 Å². The van der Waals surface area contributed by atoms with E-state index in [1.54, 1.807) is 0 Å². The number of rotatable bonds is 0. The van der Waals surface area contributed by atoms with Gasteiger partial charge in [0.2, 0.25) is 0 Å². The van der Waals surface area contributed by atoms with Gasteiger partial charge >= 0.3 is 0 Å². The van der Waals surface area contributed by atoms with Crippen molar-refractivity contribution in [2.75, 3.05) is 14.1 Å². The number of hydrogen-bond acceptors (Lipinski definition) is 2. The van der Waals surface area contributed by atoms with Gasteiger partial charge in [-0.15, -0.1) is 0 Å². The van der Waals surface area contributed by atoms with E-state index in [9.17, 15) is 0 Å². The SMILES string of the molecule is C[NH+]=O.C[NH+]=O.[Cl-].[Cl-]. The van der Waals surface area contributed by atoms with Gasteiger partial charge in [-0.05, 0) is 10.4 Å². The van der Waals surface area contributed by atoms with Crippen molar-refractivity contribution in [2.45, 2.75) is 0 Å². The molecule has 0 unspecified atom stereocenters. The van der Waals surface area contributed by atoms with Crippen LogP contribution in [0.5, 0.6) is 0 Å². The van der Waals surface area contributed by atoms with E-state index < -0.39 is 0 Å². The minimum absolute atomic E-state index is 0. The second kappa shape index (κ2) is 71.5. The summed E-state index contributed by atoms with van der Waals surface area (Å²) in [6, 6.07) is 0. The predicted octanol–water partition coefficient (Wildman–Crippen LogP) is -9.07. The minimum atomic E-state index is 0. The van der Waals surface area contributed by atoms with Crippen LogP contribution in [0.2, 0.25) is 0 Å².